The Bertz CT molecular complexity index is 291. The molecule has 0 aromatic rings. The Labute approximate surface area is 141 Å². The Morgan fingerprint density at radius 1 is 0.652 bits per heavy atom. The zero-order valence-corrected chi connectivity index (χ0v) is 14.9. The number of carbonyl (C=O) groups is 2. The second-order valence-electron chi connectivity index (χ2n) is 5.74. The van der Waals surface area contributed by atoms with E-state index in [1.54, 1.807) is 6.92 Å². The van der Waals surface area contributed by atoms with Gasteiger partial charge < -0.3 is 19.0 Å². The predicted molar refractivity (Wildman–Crippen MR) is 90.8 cm³/mol. The monoisotopic (exact) mass is 330 g/mol. The Hall–Kier alpha value is -0.780. The second-order valence-corrected chi connectivity index (χ2v) is 5.74. The van der Waals surface area contributed by atoms with Crippen LogP contribution in [0.2, 0.25) is 0 Å². The molecule has 0 unspecified atom stereocenters. The van der Waals surface area contributed by atoms with Gasteiger partial charge in [-0.1, -0.05) is 6.92 Å². The second kappa shape index (κ2) is 17.6. The molecule has 0 saturated carbocycles. The van der Waals surface area contributed by atoms with Gasteiger partial charge in [-0.05, 0) is 39.0 Å². The number of ketones is 2. The van der Waals surface area contributed by atoms with Gasteiger partial charge in [0, 0.05) is 32.5 Å². The first-order valence-electron chi connectivity index (χ1n) is 8.91. The topological polar surface area (TPSA) is 61.8 Å². The Morgan fingerprint density at radius 3 is 1.61 bits per heavy atom. The van der Waals surface area contributed by atoms with Crippen LogP contribution in [-0.2, 0) is 23.8 Å². The summed E-state index contributed by atoms with van der Waals surface area (Å²) in [6.07, 6.45) is 6.62. The lowest BCUT2D eigenvalue weighted by Crippen LogP contribution is -2.10. The number of unbranched alkanes of at least 4 members (excludes halogenated alkanes) is 2. The molecule has 0 aliphatic rings. The molecule has 0 bridgehead atoms. The first-order valence-corrected chi connectivity index (χ1v) is 8.91. The number of hydrogen-bond acceptors (Lipinski definition) is 5. The largest absolute Gasteiger partial charge is 0.379 e. The highest BCUT2D eigenvalue weighted by Crippen LogP contribution is 2.01. The van der Waals surface area contributed by atoms with Crippen LogP contribution in [0, 0.1) is 0 Å². The highest BCUT2D eigenvalue weighted by molar-refractivity contribution is 5.78. The van der Waals surface area contributed by atoms with Gasteiger partial charge in [0.1, 0.15) is 11.6 Å². The molecular formula is C18H34O5. The van der Waals surface area contributed by atoms with E-state index in [-0.39, 0.29) is 5.78 Å². The summed E-state index contributed by atoms with van der Waals surface area (Å²) in [7, 11) is 0. The van der Waals surface area contributed by atoms with E-state index in [0.29, 0.717) is 64.7 Å². The van der Waals surface area contributed by atoms with Crippen molar-refractivity contribution in [2.75, 3.05) is 39.6 Å². The van der Waals surface area contributed by atoms with E-state index in [4.69, 9.17) is 14.2 Å². The van der Waals surface area contributed by atoms with Gasteiger partial charge in [-0.2, -0.15) is 0 Å². The van der Waals surface area contributed by atoms with Gasteiger partial charge in [0.15, 0.2) is 0 Å². The first kappa shape index (κ1) is 22.2. The van der Waals surface area contributed by atoms with Crippen molar-refractivity contribution in [3.8, 4) is 0 Å². The van der Waals surface area contributed by atoms with Gasteiger partial charge >= 0.3 is 0 Å². The third kappa shape index (κ3) is 19.2. The van der Waals surface area contributed by atoms with Crippen molar-refractivity contribution in [2.24, 2.45) is 0 Å². The van der Waals surface area contributed by atoms with Crippen LogP contribution in [0.25, 0.3) is 0 Å². The van der Waals surface area contributed by atoms with Gasteiger partial charge in [-0.3, -0.25) is 4.79 Å². The van der Waals surface area contributed by atoms with Crippen molar-refractivity contribution >= 4 is 11.6 Å². The summed E-state index contributed by atoms with van der Waals surface area (Å²) in [5.41, 5.74) is 0. The van der Waals surface area contributed by atoms with E-state index in [2.05, 4.69) is 0 Å². The minimum atomic E-state index is 0.237. The molecule has 0 rings (SSSR count). The molecule has 0 aliphatic carbocycles. The minimum Gasteiger partial charge on any atom is -0.379 e. The lowest BCUT2D eigenvalue weighted by Gasteiger charge is -2.07. The fourth-order valence-corrected chi connectivity index (χ4v) is 2.05. The van der Waals surface area contributed by atoms with Crippen LogP contribution in [0.15, 0.2) is 0 Å². The molecule has 0 amide bonds. The average molecular weight is 330 g/mol. The summed E-state index contributed by atoms with van der Waals surface area (Å²) >= 11 is 0. The van der Waals surface area contributed by atoms with Crippen molar-refractivity contribution < 1.29 is 23.8 Å². The van der Waals surface area contributed by atoms with Crippen LogP contribution in [0.5, 0.6) is 0 Å². The van der Waals surface area contributed by atoms with E-state index in [1.807, 2.05) is 6.92 Å². The van der Waals surface area contributed by atoms with Gasteiger partial charge in [-0.15, -0.1) is 0 Å². The van der Waals surface area contributed by atoms with Crippen molar-refractivity contribution in [3.05, 3.63) is 0 Å². The molecule has 0 aliphatic heterocycles. The van der Waals surface area contributed by atoms with Crippen LogP contribution in [-0.4, -0.2) is 51.2 Å². The van der Waals surface area contributed by atoms with E-state index in [0.717, 1.165) is 32.1 Å². The van der Waals surface area contributed by atoms with Gasteiger partial charge in [-0.25, -0.2) is 0 Å². The average Bonchev–Trinajstić information content (AvgIpc) is 2.51. The molecule has 5 nitrogen and oxygen atoms in total. The summed E-state index contributed by atoms with van der Waals surface area (Å²) in [4.78, 5) is 22.0. The lowest BCUT2D eigenvalue weighted by atomic mass is 10.1. The molecule has 5 heteroatoms. The van der Waals surface area contributed by atoms with Crippen molar-refractivity contribution in [1.29, 1.82) is 0 Å². The Kier molecular flexibility index (Phi) is 17.0. The number of carbonyl (C=O) groups excluding carboxylic acids is 2. The van der Waals surface area contributed by atoms with E-state index in [9.17, 15) is 9.59 Å². The maximum Gasteiger partial charge on any atom is 0.132 e. The minimum absolute atomic E-state index is 0.237. The predicted octanol–water partition coefficient (Wildman–Crippen LogP) is 3.34. The van der Waals surface area contributed by atoms with E-state index >= 15 is 0 Å². The maximum absolute atomic E-state index is 11.3. The zero-order chi connectivity index (χ0) is 17.2. The lowest BCUT2D eigenvalue weighted by molar-refractivity contribution is -0.119. The fraction of sp³-hybridized carbons (Fsp3) is 0.889. The standard InChI is InChI=1S/C18H34O5/c1-3-8-18(20)10-5-7-12-22-14-16-23-15-13-21-11-6-4-9-17(2)19/h3-16H2,1-2H3. The molecule has 0 atom stereocenters. The number of Topliss-reactive ketones (excluding diaryl/α,β-unsaturated/α-hetero) is 2. The first-order chi connectivity index (χ1) is 11.2. The van der Waals surface area contributed by atoms with Crippen LogP contribution < -0.4 is 0 Å². The van der Waals surface area contributed by atoms with Crippen LogP contribution >= 0.6 is 0 Å². The summed E-state index contributed by atoms with van der Waals surface area (Å²) < 4.78 is 16.3. The van der Waals surface area contributed by atoms with Crippen LogP contribution in [0.1, 0.15) is 65.2 Å². The van der Waals surface area contributed by atoms with Crippen molar-refractivity contribution in [2.45, 2.75) is 65.2 Å². The molecule has 0 spiro atoms. The molecule has 0 N–H and O–H groups in total. The quantitative estimate of drug-likeness (QED) is 0.361. The summed E-state index contributed by atoms with van der Waals surface area (Å²) in [5.74, 6) is 0.595. The molecule has 136 valence electrons. The molecular weight excluding hydrogens is 296 g/mol. The molecule has 0 heterocycles. The third-order valence-corrected chi connectivity index (χ3v) is 3.33. The molecule has 0 aromatic carbocycles. The van der Waals surface area contributed by atoms with E-state index < -0.39 is 0 Å². The molecule has 0 fully saturated rings. The SMILES string of the molecule is CCCC(=O)CCCCOCCOCCOCCCCC(C)=O. The van der Waals surface area contributed by atoms with Crippen molar-refractivity contribution in [3.63, 3.8) is 0 Å². The molecule has 0 radical (unpaired) electrons. The summed E-state index contributed by atoms with van der Waals surface area (Å²) in [6, 6.07) is 0. The number of hydrogen-bond donors (Lipinski definition) is 0. The Morgan fingerprint density at radius 2 is 1.13 bits per heavy atom. The molecule has 0 saturated heterocycles. The fourth-order valence-electron chi connectivity index (χ4n) is 2.05. The molecule has 23 heavy (non-hydrogen) atoms. The van der Waals surface area contributed by atoms with Crippen LogP contribution in [0.4, 0.5) is 0 Å². The summed E-state index contributed by atoms with van der Waals surface area (Å²) in [6.45, 7) is 7.33. The van der Waals surface area contributed by atoms with Gasteiger partial charge in [0.2, 0.25) is 0 Å². The van der Waals surface area contributed by atoms with Crippen LogP contribution in [0.3, 0.4) is 0 Å². The molecule has 0 aromatic heterocycles. The smallest absolute Gasteiger partial charge is 0.132 e. The number of rotatable bonds is 18. The maximum atomic E-state index is 11.3. The summed E-state index contributed by atoms with van der Waals surface area (Å²) in [5, 5.41) is 0. The van der Waals surface area contributed by atoms with Gasteiger partial charge in [0.05, 0.1) is 26.4 Å². The van der Waals surface area contributed by atoms with Gasteiger partial charge in [0.25, 0.3) is 0 Å². The zero-order valence-electron chi connectivity index (χ0n) is 14.9. The highest BCUT2D eigenvalue weighted by Gasteiger charge is 1.99. The van der Waals surface area contributed by atoms with Crippen molar-refractivity contribution in [1.82, 2.24) is 0 Å². The highest BCUT2D eigenvalue weighted by atomic mass is 16.5. The Balaban J connectivity index is 3.05. The normalized spacial score (nSPS) is 10.9. The number of ether oxygens (including phenoxy) is 3. The third-order valence-electron chi connectivity index (χ3n) is 3.33. The van der Waals surface area contributed by atoms with E-state index in [1.165, 1.54) is 0 Å².